The summed E-state index contributed by atoms with van der Waals surface area (Å²) in [6.07, 6.45) is 4.31. The number of hydrogen-bond donors (Lipinski definition) is 1. The molecule has 76 valence electrons. The van der Waals surface area contributed by atoms with Gasteiger partial charge in [0.25, 0.3) is 0 Å². The summed E-state index contributed by atoms with van der Waals surface area (Å²) in [6.45, 7) is 0. The van der Waals surface area contributed by atoms with Crippen molar-refractivity contribution < 1.29 is 4.52 Å². The predicted molar refractivity (Wildman–Crippen MR) is 58.3 cm³/mol. The van der Waals surface area contributed by atoms with E-state index in [-0.39, 0.29) is 0 Å². The lowest BCUT2D eigenvalue weighted by Crippen LogP contribution is -1.85. The first kappa shape index (κ1) is 8.53. The third-order valence-electron chi connectivity index (χ3n) is 2.87. The summed E-state index contributed by atoms with van der Waals surface area (Å²) in [4.78, 5) is 0. The lowest BCUT2D eigenvalue weighted by atomic mass is 10.0. The van der Waals surface area contributed by atoms with Crippen LogP contribution >= 0.6 is 0 Å². The number of anilines is 1. The fraction of sp³-hybridized carbons (Fsp3) is 0.250. The number of hydrogen-bond acceptors (Lipinski definition) is 3. The summed E-state index contributed by atoms with van der Waals surface area (Å²) >= 11 is 0. The monoisotopic (exact) mass is 200 g/mol. The lowest BCUT2D eigenvalue weighted by Gasteiger charge is -2.00. The number of benzene rings is 1. The number of nitrogens with zero attached hydrogens (tertiary/aromatic N) is 1. The minimum atomic E-state index is 0.383. The van der Waals surface area contributed by atoms with Gasteiger partial charge in [-0.1, -0.05) is 29.4 Å². The Hall–Kier alpha value is -1.77. The minimum Gasteiger partial charge on any atom is -0.367 e. The average molecular weight is 200 g/mol. The van der Waals surface area contributed by atoms with E-state index in [1.165, 1.54) is 18.4 Å². The molecule has 0 aliphatic heterocycles. The van der Waals surface area contributed by atoms with Gasteiger partial charge < -0.3 is 10.3 Å². The molecule has 1 aromatic carbocycles. The van der Waals surface area contributed by atoms with Crippen LogP contribution in [0.3, 0.4) is 0 Å². The molecule has 1 aliphatic carbocycles. The first-order valence-corrected chi connectivity index (χ1v) is 5.15. The molecule has 0 atom stereocenters. The van der Waals surface area contributed by atoms with Gasteiger partial charge in [0.2, 0.25) is 5.88 Å². The summed E-state index contributed by atoms with van der Waals surface area (Å²) in [5.41, 5.74) is 9.02. The zero-order valence-electron chi connectivity index (χ0n) is 8.31. The molecule has 0 radical (unpaired) electrons. The molecule has 3 heteroatoms. The molecule has 1 aliphatic rings. The van der Waals surface area contributed by atoms with Crippen LogP contribution in [0, 0.1) is 0 Å². The maximum atomic E-state index is 5.65. The largest absolute Gasteiger partial charge is 0.367 e. The Kier molecular flexibility index (Phi) is 1.78. The van der Waals surface area contributed by atoms with Crippen LogP contribution in [0.15, 0.2) is 35.0 Å². The smallest absolute Gasteiger partial charge is 0.229 e. The maximum absolute atomic E-state index is 5.65. The third kappa shape index (κ3) is 1.50. The normalized spacial score (nSPS) is 15.5. The number of nitrogens with two attached hydrogens (primary N) is 1. The highest BCUT2D eigenvalue weighted by atomic mass is 16.5. The zero-order chi connectivity index (χ0) is 10.3. The van der Waals surface area contributed by atoms with Gasteiger partial charge in [0.05, 0.1) is 11.8 Å². The van der Waals surface area contributed by atoms with E-state index in [9.17, 15) is 0 Å². The second-order valence-electron chi connectivity index (χ2n) is 4.00. The van der Waals surface area contributed by atoms with Crippen LogP contribution in [-0.4, -0.2) is 5.16 Å². The molecule has 2 N–H and O–H groups in total. The summed E-state index contributed by atoms with van der Waals surface area (Å²) in [7, 11) is 0. The van der Waals surface area contributed by atoms with Crippen LogP contribution in [0.4, 0.5) is 5.88 Å². The molecule has 1 saturated carbocycles. The molecule has 0 bridgehead atoms. The Morgan fingerprint density at radius 3 is 2.47 bits per heavy atom. The molecule has 0 spiro atoms. The Labute approximate surface area is 87.9 Å². The molecule has 2 aromatic rings. The van der Waals surface area contributed by atoms with Gasteiger partial charge in [-0.25, -0.2) is 0 Å². The third-order valence-corrected chi connectivity index (χ3v) is 2.87. The van der Waals surface area contributed by atoms with Gasteiger partial charge in [-0.2, -0.15) is 0 Å². The second kappa shape index (κ2) is 3.12. The second-order valence-corrected chi connectivity index (χ2v) is 4.00. The molecule has 1 heterocycles. The summed E-state index contributed by atoms with van der Waals surface area (Å²) in [5.74, 6) is 1.17. The highest BCUT2D eigenvalue weighted by Gasteiger charge is 2.23. The highest BCUT2D eigenvalue weighted by Crippen LogP contribution is 2.40. The van der Waals surface area contributed by atoms with Crippen LogP contribution in [-0.2, 0) is 0 Å². The van der Waals surface area contributed by atoms with Crippen LogP contribution < -0.4 is 5.73 Å². The first-order chi connectivity index (χ1) is 7.34. The molecule has 3 nitrogen and oxygen atoms in total. The number of nitrogen functional groups attached to an aromatic ring is 1. The molecule has 15 heavy (non-hydrogen) atoms. The molecular weight excluding hydrogens is 188 g/mol. The van der Waals surface area contributed by atoms with Gasteiger partial charge in [-0.15, -0.1) is 0 Å². The van der Waals surface area contributed by atoms with Crippen molar-refractivity contribution in [2.45, 2.75) is 18.8 Å². The van der Waals surface area contributed by atoms with Gasteiger partial charge in [-0.3, -0.25) is 0 Å². The number of aromatic nitrogens is 1. The van der Waals surface area contributed by atoms with E-state index in [0.717, 1.165) is 17.0 Å². The summed E-state index contributed by atoms with van der Waals surface area (Å²) < 4.78 is 4.84. The van der Waals surface area contributed by atoms with Crippen molar-refractivity contribution in [1.82, 2.24) is 5.16 Å². The highest BCUT2D eigenvalue weighted by molar-refractivity contribution is 5.71. The van der Waals surface area contributed by atoms with Gasteiger partial charge in [0, 0.05) is 0 Å². The molecule has 0 amide bonds. The SMILES string of the molecule is Nc1oncc1-c1ccc(C2CC2)cc1. The quantitative estimate of drug-likeness (QED) is 0.810. The van der Waals surface area contributed by atoms with E-state index in [1.54, 1.807) is 6.20 Å². The number of rotatable bonds is 2. The van der Waals surface area contributed by atoms with Crippen molar-refractivity contribution in [3.63, 3.8) is 0 Å². The summed E-state index contributed by atoms with van der Waals surface area (Å²) in [6, 6.07) is 8.49. The van der Waals surface area contributed by atoms with Crippen LogP contribution in [0.25, 0.3) is 11.1 Å². The van der Waals surface area contributed by atoms with Gasteiger partial charge in [-0.05, 0) is 29.9 Å². The van der Waals surface area contributed by atoms with Crippen molar-refractivity contribution in [2.24, 2.45) is 0 Å². The molecular formula is C12H12N2O. The van der Waals surface area contributed by atoms with E-state index in [1.807, 2.05) is 0 Å². The minimum absolute atomic E-state index is 0.383. The van der Waals surface area contributed by atoms with Crippen LogP contribution in [0.1, 0.15) is 24.3 Å². The van der Waals surface area contributed by atoms with Crippen molar-refractivity contribution in [1.29, 1.82) is 0 Å². The Balaban J connectivity index is 1.96. The first-order valence-electron chi connectivity index (χ1n) is 5.15. The van der Waals surface area contributed by atoms with Crippen molar-refractivity contribution in [3.8, 4) is 11.1 Å². The van der Waals surface area contributed by atoms with Gasteiger partial charge >= 0.3 is 0 Å². The van der Waals surface area contributed by atoms with Gasteiger partial charge in [0.15, 0.2) is 0 Å². The molecule has 1 aromatic heterocycles. The predicted octanol–water partition coefficient (Wildman–Crippen LogP) is 2.80. The van der Waals surface area contributed by atoms with E-state index >= 15 is 0 Å². The topological polar surface area (TPSA) is 52.0 Å². The Morgan fingerprint density at radius 2 is 1.93 bits per heavy atom. The van der Waals surface area contributed by atoms with E-state index < -0.39 is 0 Å². The van der Waals surface area contributed by atoms with Crippen molar-refractivity contribution >= 4 is 5.88 Å². The van der Waals surface area contributed by atoms with E-state index in [4.69, 9.17) is 10.3 Å². The van der Waals surface area contributed by atoms with Crippen molar-refractivity contribution in [2.75, 3.05) is 5.73 Å². The standard InChI is InChI=1S/C12H12N2O/c13-12-11(7-14-15-12)10-5-3-9(4-6-10)8-1-2-8/h3-8H,1-2,13H2. The molecule has 3 rings (SSSR count). The lowest BCUT2D eigenvalue weighted by molar-refractivity contribution is 0.436. The fourth-order valence-electron chi connectivity index (χ4n) is 1.82. The Morgan fingerprint density at radius 1 is 1.20 bits per heavy atom. The Bertz CT molecular complexity index is 469. The van der Waals surface area contributed by atoms with Crippen LogP contribution in [0.2, 0.25) is 0 Å². The zero-order valence-corrected chi connectivity index (χ0v) is 8.31. The average Bonchev–Trinajstić information content (AvgIpc) is 3.02. The maximum Gasteiger partial charge on any atom is 0.229 e. The van der Waals surface area contributed by atoms with E-state index in [2.05, 4.69) is 29.4 Å². The fourth-order valence-corrected chi connectivity index (χ4v) is 1.82. The van der Waals surface area contributed by atoms with Crippen LogP contribution in [0.5, 0.6) is 0 Å². The van der Waals surface area contributed by atoms with Gasteiger partial charge in [0.1, 0.15) is 0 Å². The molecule has 0 saturated heterocycles. The molecule has 0 unspecified atom stereocenters. The van der Waals surface area contributed by atoms with E-state index in [0.29, 0.717) is 5.88 Å². The summed E-state index contributed by atoms with van der Waals surface area (Å²) in [5, 5.41) is 3.67. The molecule has 1 fully saturated rings. The van der Waals surface area contributed by atoms with Crippen molar-refractivity contribution in [3.05, 3.63) is 36.0 Å².